The summed E-state index contributed by atoms with van der Waals surface area (Å²) in [6.45, 7) is 1.29. The van der Waals surface area contributed by atoms with Gasteiger partial charge in [0.1, 0.15) is 18.4 Å². The van der Waals surface area contributed by atoms with Gasteiger partial charge in [0.2, 0.25) is 11.8 Å². The molecule has 0 aliphatic rings. The summed E-state index contributed by atoms with van der Waals surface area (Å²) in [6, 6.07) is 21.1. The summed E-state index contributed by atoms with van der Waals surface area (Å²) in [7, 11) is -0.158. The fourth-order valence-electron chi connectivity index (χ4n) is 3.97. The van der Waals surface area contributed by atoms with Gasteiger partial charge in [-0.15, -0.1) is 0 Å². The second-order valence-corrected chi connectivity index (χ2v) is 11.1. The van der Waals surface area contributed by atoms with Gasteiger partial charge < -0.3 is 10.2 Å². The Morgan fingerprint density at radius 1 is 0.895 bits per heavy atom. The molecule has 0 aliphatic heterocycles. The second kappa shape index (κ2) is 12.7. The Morgan fingerprint density at radius 2 is 1.50 bits per heavy atom. The highest BCUT2D eigenvalue weighted by molar-refractivity contribution is 7.90. The number of nitrogens with one attached hydrogen (secondary N) is 1. The molecule has 3 rings (SSSR count). The fourth-order valence-corrected chi connectivity index (χ4v) is 5.03. The monoisotopic (exact) mass is 540 g/mol. The van der Waals surface area contributed by atoms with Crippen molar-refractivity contribution in [2.75, 3.05) is 32.0 Å². The summed E-state index contributed by atoms with van der Waals surface area (Å²) in [5, 5.41) is 2.63. The van der Waals surface area contributed by atoms with E-state index in [9.17, 15) is 22.4 Å². The zero-order valence-corrected chi connectivity index (χ0v) is 22.8. The zero-order chi connectivity index (χ0) is 27.9. The maximum absolute atomic E-state index is 14.8. The number of carbonyl (C=O) groups is 2. The second-order valence-electron chi connectivity index (χ2n) is 9.08. The standard InChI is InChI=1S/C28H33FN4O4S/c1-21-14-16-23(17-15-21)19-32(26(28(35)30-2)18-22-10-6-5-7-11-22)27(34)20-33(38(36,37)31(3)4)25-13-9-8-12-24(25)29/h5-17,26H,18-20H2,1-4H3,(H,30,35)/t26-/m0/s1. The lowest BCUT2D eigenvalue weighted by Crippen LogP contribution is -2.54. The van der Waals surface area contributed by atoms with Crippen LogP contribution in [0.1, 0.15) is 16.7 Å². The molecule has 38 heavy (non-hydrogen) atoms. The quantitative estimate of drug-likeness (QED) is 0.405. The number of benzene rings is 3. The Labute approximate surface area is 223 Å². The molecular weight excluding hydrogens is 507 g/mol. The van der Waals surface area contributed by atoms with Crippen LogP contribution in [0.5, 0.6) is 0 Å². The van der Waals surface area contributed by atoms with E-state index in [0.29, 0.717) is 0 Å². The van der Waals surface area contributed by atoms with Gasteiger partial charge in [0.05, 0.1) is 5.69 Å². The number of halogens is 1. The highest BCUT2D eigenvalue weighted by Gasteiger charge is 2.35. The summed E-state index contributed by atoms with van der Waals surface area (Å²) < 4.78 is 42.9. The molecule has 0 fully saturated rings. The number of aryl methyl sites for hydroxylation is 1. The van der Waals surface area contributed by atoms with Crippen LogP contribution in [0, 0.1) is 12.7 Å². The molecular formula is C28H33FN4O4S. The molecule has 0 radical (unpaired) electrons. The van der Waals surface area contributed by atoms with E-state index in [1.165, 1.54) is 44.2 Å². The van der Waals surface area contributed by atoms with Gasteiger partial charge in [-0.05, 0) is 30.2 Å². The number of carbonyl (C=O) groups excluding carboxylic acids is 2. The van der Waals surface area contributed by atoms with Crippen molar-refractivity contribution in [3.63, 3.8) is 0 Å². The van der Waals surface area contributed by atoms with E-state index in [0.717, 1.165) is 31.4 Å². The Kier molecular flexibility index (Phi) is 9.60. The molecule has 0 heterocycles. The van der Waals surface area contributed by atoms with Crippen LogP contribution in [0.2, 0.25) is 0 Å². The van der Waals surface area contributed by atoms with Crippen LogP contribution in [0.25, 0.3) is 0 Å². The van der Waals surface area contributed by atoms with Crippen LogP contribution in [0.4, 0.5) is 10.1 Å². The van der Waals surface area contributed by atoms with E-state index in [2.05, 4.69) is 5.32 Å². The summed E-state index contributed by atoms with van der Waals surface area (Å²) in [5.41, 5.74) is 2.36. The number of anilines is 1. The number of hydrogen-bond acceptors (Lipinski definition) is 4. The van der Waals surface area contributed by atoms with E-state index < -0.39 is 40.4 Å². The van der Waals surface area contributed by atoms with E-state index in [4.69, 9.17) is 0 Å². The average molecular weight is 541 g/mol. The molecule has 0 saturated heterocycles. The molecule has 0 aromatic heterocycles. The minimum atomic E-state index is -4.25. The maximum atomic E-state index is 14.8. The Hall–Kier alpha value is -3.76. The molecule has 2 amide bonds. The lowest BCUT2D eigenvalue weighted by Gasteiger charge is -2.34. The predicted molar refractivity (Wildman–Crippen MR) is 146 cm³/mol. The normalized spacial score (nSPS) is 12.2. The molecule has 202 valence electrons. The van der Waals surface area contributed by atoms with Gasteiger partial charge in [0.15, 0.2) is 0 Å². The zero-order valence-electron chi connectivity index (χ0n) is 22.0. The largest absolute Gasteiger partial charge is 0.357 e. The molecule has 0 unspecified atom stereocenters. The summed E-state index contributed by atoms with van der Waals surface area (Å²) >= 11 is 0. The first-order chi connectivity index (χ1) is 18.0. The molecule has 8 nitrogen and oxygen atoms in total. The molecule has 1 N–H and O–H groups in total. The van der Waals surface area contributed by atoms with Crippen molar-refractivity contribution in [1.82, 2.24) is 14.5 Å². The first-order valence-electron chi connectivity index (χ1n) is 12.1. The highest BCUT2D eigenvalue weighted by Crippen LogP contribution is 2.24. The van der Waals surface area contributed by atoms with E-state index in [1.807, 2.05) is 61.5 Å². The molecule has 3 aromatic carbocycles. The lowest BCUT2D eigenvalue weighted by molar-refractivity contribution is -0.139. The SMILES string of the molecule is CNC(=O)[C@H](Cc1ccccc1)N(Cc1ccc(C)cc1)C(=O)CN(c1ccccc1F)S(=O)(=O)N(C)C. The minimum Gasteiger partial charge on any atom is -0.357 e. The maximum Gasteiger partial charge on any atom is 0.304 e. The van der Waals surface area contributed by atoms with Crippen LogP contribution >= 0.6 is 0 Å². The van der Waals surface area contributed by atoms with Gasteiger partial charge in [-0.2, -0.15) is 12.7 Å². The summed E-state index contributed by atoms with van der Waals surface area (Å²) in [5.74, 6) is -1.84. The molecule has 0 spiro atoms. The van der Waals surface area contributed by atoms with Crippen LogP contribution in [0.15, 0.2) is 78.9 Å². The Bertz CT molecular complexity index is 1350. The topological polar surface area (TPSA) is 90.0 Å². The van der Waals surface area contributed by atoms with Gasteiger partial charge in [-0.3, -0.25) is 9.59 Å². The fraction of sp³-hybridized carbons (Fsp3) is 0.286. The van der Waals surface area contributed by atoms with Crippen molar-refractivity contribution < 1.29 is 22.4 Å². The van der Waals surface area contributed by atoms with E-state index in [1.54, 1.807) is 0 Å². The molecule has 0 bridgehead atoms. The average Bonchev–Trinajstić information content (AvgIpc) is 2.90. The molecule has 1 atom stereocenters. The minimum absolute atomic E-state index is 0.0527. The van der Waals surface area contributed by atoms with Gasteiger partial charge >= 0.3 is 10.2 Å². The van der Waals surface area contributed by atoms with Crippen LogP contribution in [-0.4, -0.2) is 63.2 Å². The van der Waals surface area contributed by atoms with Crippen molar-refractivity contribution in [3.8, 4) is 0 Å². The summed E-state index contributed by atoms with van der Waals surface area (Å²) in [6.07, 6.45) is 0.207. The molecule has 0 aliphatic carbocycles. The van der Waals surface area contributed by atoms with E-state index in [-0.39, 0.29) is 18.7 Å². The lowest BCUT2D eigenvalue weighted by atomic mass is 10.0. The van der Waals surface area contributed by atoms with Crippen LogP contribution < -0.4 is 9.62 Å². The number of nitrogens with zero attached hydrogens (tertiary/aromatic N) is 3. The molecule has 10 heteroatoms. The molecule has 3 aromatic rings. The van der Waals surface area contributed by atoms with Gasteiger partial charge in [0, 0.05) is 34.1 Å². The first-order valence-corrected chi connectivity index (χ1v) is 13.5. The third kappa shape index (κ3) is 6.96. The van der Waals surface area contributed by atoms with Gasteiger partial charge in [-0.25, -0.2) is 8.70 Å². The predicted octanol–water partition coefficient (Wildman–Crippen LogP) is 3.13. The van der Waals surface area contributed by atoms with Gasteiger partial charge in [-0.1, -0.05) is 72.3 Å². The van der Waals surface area contributed by atoms with Crippen molar-refractivity contribution in [2.45, 2.75) is 25.9 Å². The third-order valence-electron chi connectivity index (χ3n) is 6.13. The van der Waals surface area contributed by atoms with Crippen LogP contribution in [0.3, 0.4) is 0 Å². The van der Waals surface area contributed by atoms with Crippen molar-refractivity contribution in [1.29, 1.82) is 0 Å². The number of amides is 2. The number of hydrogen-bond donors (Lipinski definition) is 1. The first kappa shape index (κ1) is 28.8. The van der Waals surface area contributed by atoms with Crippen molar-refractivity contribution in [3.05, 3.63) is 101 Å². The number of likely N-dealkylation sites (N-methyl/N-ethyl adjacent to an activating group) is 1. The van der Waals surface area contributed by atoms with E-state index >= 15 is 0 Å². The Morgan fingerprint density at radius 3 is 2.08 bits per heavy atom. The van der Waals surface area contributed by atoms with Crippen molar-refractivity contribution in [2.24, 2.45) is 0 Å². The van der Waals surface area contributed by atoms with Crippen molar-refractivity contribution >= 4 is 27.7 Å². The molecule has 0 saturated carbocycles. The highest BCUT2D eigenvalue weighted by atomic mass is 32.2. The summed E-state index contributed by atoms with van der Waals surface area (Å²) in [4.78, 5) is 28.4. The van der Waals surface area contributed by atoms with Crippen LogP contribution in [-0.2, 0) is 32.8 Å². The number of rotatable bonds is 11. The third-order valence-corrected chi connectivity index (χ3v) is 7.94. The number of para-hydroxylation sites is 1. The Balaban J connectivity index is 2.07. The van der Waals surface area contributed by atoms with Gasteiger partial charge in [0.25, 0.3) is 0 Å². The smallest absolute Gasteiger partial charge is 0.304 e.